The summed E-state index contributed by atoms with van der Waals surface area (Å²) in [5, 5.41) is 19.9. The second-order valence-corrected chi connectivity index (χ2v) is 4.64. The molecule has 1 aliphatic heterocycles. The van der Waals surface area contributed by atoms with E-state index in [4.69, 9.17) is 20.8 Å². The highest BCUT2D eigenvalue weighted by molar-refractivity contribution is 7.13. The summed E-state index contributed by atoms with van der Waals surface area (Å²) < 4.78 is 5.23. The third-order valence-electron chi connectivity index (χ3n) is 2.58. The van der Waals surface area contributed by atoms with Crippen LogP contribution in [0.25, 0.3) is 0 Å². The first kappa shape index (κ1) is 12.8. The van der Waals surface area contributed by atoms with E-state index in [2.05, 4.69) is 4.98 Å². The summed E-state index contributed by atoms with van der Waals surface area (Å²) in [5.74, 6) is -1.11. The topological polar surface area (TPSA) is 112 Å². The number of carboxylic acids is 1. The first-order valence-corrected chi connectivity index (χ1v) is 6.19. The molecular weight excluding hydrogens is 256 g/mol. The van der Waals surface area contributed by atoms with Gasteiger partial charge in [0.05, 0.1) is 24.9 Å². The van der Waals surface area contributed by atoms with E-state index >= 15 is 0 Å². The number of nitriles is 1. The SMILES string of the molecule is N#CC1CN(c2nc(C(N)C(=O)O)cs2)CCO1. The van der Waals surface area contributed by atoms with Crippen molar-refractivity contribution < 1.29 is 14.6 Å². The van der Waals surface area contributed by atoms with Gasteiger partial charge in [-0.2, -0.15) is 5.26 Å². The number of morpholine rings is 1. The lowest BCUT2D eigenvalue weighted by Gasteiger charge is -2.29. The Balaban J connectivity index is 2.10. The normalized spacial score (nSPS) is 21.3. The number of ether oxygens (including phenoxy) is 1. The van der Waals surface area contributed by atoms with Crippen molar-refractivity contribution >= 4 is 22.4 Å². The molecule has 0 amide bonds. The van der Waals surface area contributed by atoms with Gasteiger partial charge in [0, 0.05) is 11.9 Å². The Hall–Kier alpha value is -1.69. The van der Waals surface area contributed by atoms with Gasteiger partial charge >= 0.3 is 5.97 Å². The van der Waals surface area contributed by atoms with Crippen molar-refractivity contribution in [2.24, 2.45) is 5.73 Å². The van der Waals surface area contributed by atoms with Gasteiger partial charge in [-0.25, -0.2) is 4.98 Å². The van der Waals surface area contributed by atoms with Crippen LogP contribution < -0.4 is 10.6 Å². The van der Waals surface area contributed by atoms with E-state index in [1.54, 1.807) is 5.38 Å². The third kappa shape index (κ3) is 2.59. The molecule has 2 rings (SSSR count). The fraction of sp³-hybridized carbons (Fsp3) is 0.500. The number of nitrogens with two attached hydrogens (primary N) is 1. The average molecular weight is 268 g/mol. The zero-order valence-electron chi connectivity index (χ0n) is 9.44. The van der Waals surface area contributed by atoms with Crippen molar-refractivity contribution in [3.8, 4) is 6.07 Å². The van der Waals surface area contributed by atoms with Crippen molar-refractivity contribution in [1.82, 2.24) is 4.98 Å². The molecule has 1 aromatic rings. The summed E-state index contributed by atoms with van der Waals surface area (Å²) in [4.78, 5) is 16.8. The van der Waals surface area contributed by atoms with Crippen LogP contribution in [0.4, 0.5) is 5.13 Å². The van der Waals surface area contributed by atoms with E-state index in [1.165, 1.54) is 11.3 Å². The summed E-state index contributed by atoms with van der Waals surface area (Å²) in [6, 6.07) is 0.937. The van der Waals surface area contributed by atoms with Gasteiger partial charge in [0.2, 0.25) is 0 Å². The van der Waals surface area contributed by atoms with Crippen molar-refractivity contribution in [1.29, 1.82) is 5.26 Å². The first-order valence-electron chi connectivity index (χ1n) is 5.32. The fourth-order valence-corrected chi connectivity index (χ4v) is 2.49. The number of anilines is 1. The maximum atomic E-state index is 10.7. The van der Waals surface area contributed by atoms with Gasteiger partial charge in [-0.15, -0.1) is 11.3 Å². The highest BCUT2D eigenvalue weighted by Gasteiger charge is 2.24. The Labute approximate surface area is 107 Å². The number of hydrogen-bond donors (Lipinski definition) is 2. The van der Waals surface area contributed by atoms with E-state index in [1.807, 2.05) is 11.0 Å². The smallest absolute Gasteiger partial charge is 0.326 e. The van der Waals surface area contributed by atoms with E-state index < -0.39 is 18.1 Å². The minimum atomic E-state index is -1.11. The van der Waals surface area contributed by atoms with Gasteiger partial charge in [-0.05, 0) is 0 Å². The Morgan fingerprint density at radius 3 is 3.28 bits per heavy atom. The second-order valence-electron chi connectivity index (χ2n) is 3.81. The zero-order valence-corrected chi connectivity index (χ0v) is 10.3. The quantitative estimate of drug-likeness (QED) is 0.790. The van der Waals surface area contributed by atoms with Gasteiger partial charge in [0.15, 0.2) is 11.2 Å². The lowest BCUT2D eigenvalue weighted by atomic mass is 10.2. The molecule has 18 heavy (non-hydrogen) atoms. The average Bonchev–Trinajstić information content (AvgIpc) is 2.87. The number of hydrogen-bond acceptors (Lipinski definition) is 7. The van der Waals surface area contributed by atoms with E-state index in [-0.39, 0.29) is 0 Å². The lowest BCUT2D eigenvalue weighted by molar-refractivity contribution is -0.138. The highest BCUT2D eigenvalue weighted by Crippen LogP contribution is 2.25. The van der Waals surface area contributed by atoms with Crippen LogP contribution in [0.2, 0.25) is 0 Å². The highest BCUT2D eigenvalue weighted by atomic mass is 32.1. The molecule has 1 aromatic heterocycles. The minimum Gasteiger partial charge on any atom is -0.480 e. The molecule has 0 bridgehead atoms. The van der Waals surface area contributed by atoms with Crippen LogP contribution in [-0.4, -0.2) is 41.9 Å². The van der Waals surface area contributed by atoms with Gasteiger partial charge < -0.3 is 20.5 Å². The molecule has 8 heteroatoms. The third-order valence-corrected chi connectivity index (χ3v) is 3.50. The maximum Gasteiger partial charge on any atom is 0.326 e. The van der Waals surface area contributed by atoms with Crippen LogP contribution in [0.3, 0.4) is 0 Å². The summed E-state index contributed by atoms with van der Waals surface area (Å²) in [5.41, 5.74) is 5.82. The molecule has 2 unspecified atom stereocenters. The van der Waals surface area contributed by atoms with Gasteiger partial charge in [0.25, 0.3) is 0 Å². The van der Waals surface area contributed by atoms with Crippen molar-refractivity contribution in [2.75, 3.05) is 24.6 Å². The Morgan fingerprint density at radius 2 is 2.61 bits per heavy atom. The predicted molar refractivity (Wildman–Crippen MR) is 64.2 cm³/mol. The van der Waals surface area contributed by atoms with Crippen LogP contribution in [-0.2, 0) is 9.53 Å². The van der Waals surface area contributed by atoms with Crippen LogP contribution in [0, 0.1) is 11.3 Å². The standard InChI is InChI=1S/C10H12N4O3S/c11-3-6-4-14(1-2-17-6)10-13-7(5-18-10)8(12)9(15)16/h5-6,8H,1-2,4,12H2,(H,15,16). The summed E-state index contributed by atoms with van der Waals surface area (Å²) >= 11 is 1.32. The minimum absolute atomic E-state index is 0.336. The zero-order chi connectivity index (χ0) is 13.1. The number of rotatable bonds is 3. The largest absolute Gasteiger partial charge is 0.480 e. The van der Waals surface area contributed by atoms with Crippen LogP contribution in [0.15, 0.2) is 5.38 Å². The molecular formula is C10H12N4O3S. The number of aliphatic carboxylic acids is 1. The van der Waals surface area contributed by atoms with Gasteiger partial charge in [-0.1, -0.05) is 0 Å². The molecule has 0 radical (unpaired) electrons. The van der Waals surface area contributed by atoms with Crippen molar-refractivity contribution in [3.05, 3.63) is 11.1 Å². The molecule has 0 aromatic carbocycles. The van der Waals surface area contributed by atoms with Crippen LogP contribution >= 0.6 is 11.3 Å². The lowest BCUT2D eigenvalue weighted by Crippen LogP contribution is -2.41. The Morgan fingerprint density at radius 1 is 1.83 bits per heavy atom. The summed E-state index contributed by atoms with van der Waals surface area (Å²) in [7, 11) is 0. The Kier molecular flexibility index (Phi) is 3.76. The monoisotopic (exact) mass is 268 g/mol. The molecule has 96 valence electrons. The van der Waals surface area contributed by atoms with Crippen molar-refractivity contribution in [2.45, 2.75) is 12.1 Å². The van der Waals surface area contributed by atoms with Gasteiger partial charge in [-0.3, -0.25) is 4.79 Å². The molecule has 7 nitrogen and oxygen atoms in total. The predicted octanol–water partition coefficient (Wildman–Crippen LogP) is -0.0437. The number of aromatic nitrogens is 1. The molecule has 1 saturated heterocycles. The van der Waals surface area contributed by atoms with Crippen LogP contribution in [0.5, 0.6) is 0 Å². The summed E-state index contributed by atoms with van der Waals surface area (Å²) in [6.45, 7) is 1.53. The molecule has 1 aliphatic rings. The Bertz CT molecular complexity index is 484. The molecule has 2 atom stereocenters. The van der Waals surface area contributed by atoms with E-state index in [9.17, 15) is 4.79 Å². The van der Waals surface area contributed by atoms with E-state index in [0.29, 0.717) is 30.5 Å². The summed E-state index contributed by atoms with van der Waals surface area (Å²) in [6.07, 6.45) is -0.473. The van der Waals surface area contributed by atoms with Crippen molar-refractivity contribution in [3.63, 3.8) is 0 Å². The van der Waals surface area contributed by atoms with Gasteiger partial charge in [0.1, 0.15) is 6.04 Å². The maximum absolute atomic E-state index is 10.7. The number of carbonyl (C=O) groups is 1. The molecule has 3 N–H and O–H groups in total. The second kappa shape index (κ2) is 5.30. The van der Waals surface area contributed by atoms with E-state index in [0.717, 1.165) is 0 Å². The number of carboxylic acid groups (broad SMARTS) is 1. The molecule has 0 saturated carbocycles. The van der Waals surface area contributed by atoms with Crippen LogP contribution in [0.1, 0.15) is 11.7 Å². The number of thiazole rings is 1. The molecule has 0 aliphatic carbocycles. The first-order chi connectivity index (χ1) is 8.61. The molecule has 2 heterocycles. The molecule has 0 spiro atoms. The fourth-order valence-electron chi connectivity index (χ4n) is 1.59. The number of nitrogens with zero attached hydrogens (tertiary/aromatic N) is 3. The molecule has 1 fully saturated rings.